The highest BCUT2D eigenvalue weighted by atomic mass is 16.5. The first-order valence-corrected chi connectivity index (χ1v) is 8.89. The van der Waals surface area contributed by atoms with E-state index in [9.17, 15) is 9.59 Å². The third-order valence-electron chi connectivity index (χ3n) is 5.11. The minimum atomic E-state index is -0.00480. The molecule has 0 N–H and O–H groups in total. The van der Waals surface area contributed by atoms with Crippen LogP contribution in [0.5, 0.6) is 5.75 Å². The van der Waals surface area contributed by atoms with Crippen molar-refractivity contribution < 1.29 is 14.3 Å². The highest BCUT2D eigenvalue weighted by Crippen LogP contribution is 2.24. The molecule has 5 nitrogen and oxygen atoms in total. The summed E-state index contributed by atoms with van der Waals surface area (Å²) in [6.07, 6.45) is 5.31. The zero-order valence-corrected chi connectivity index (χ0v) is 14.4. The van der Waals surface area contributed by atoms with Gasteiger partial charge in [0.2, 0.25) is 0 Å². The lowest BCUT2D eigenvalue weighted by molar-refractivity contribution is -0.135. The topological polar surface area (TPSA) is 49.9 Å². The average molecular weight is 330 g/mol. The van der Waals surface area contributed by atoms with Crippen molar-refractivity contribution in [3.05, 3.63) is 29.8 Å². The Morgan fingerprint density at radius 1 is 1.12 bits per heavy atom. The van der Waals surface area contributed by atoms with Crippen molar-refractivity contribution in [1.82, 2.24) is 9.80 Å². The predicted molar refractivity (Wildman–Crippen MR) is 92.4 cm³/mol. The van der Waals surface area contributed by atoms with Crippen LogP contribution in [0.1, 0.15) is 43.0 Å². The molecule has 0 unspecified atom stereocenters. The van der Waals surface area contributed by atoms with Crippen molar-refractivity contribution in [2.75, 3.05) is 32.8 Å². The molecular formula is C19H26N2O3. The molecule has 1 aliphatic carbocycles. The van der Waals surface area contributed by atoms with Crippen LogP contribution in [-0.2, 0) is 4.79 Å². The minimum Gasteiger partial charge on any atom is -0.484 e. The zero-order chi connectivity index (χ0) is 16.9. The summed E-state index contributed by atoms with van der Waals surface area (Å²) >= 11 is 0. The molecule has 0 spiro atoms. The van der Waals surface area contributed by atoms with Crippen molar-refractivity contribution >= 4 is 11.7 Å². The second-order valence-corrected chi connectivity index (χ2v) is 6.73. The number of nitrogens with zero attached hydrogens (tertiary/aromatic N) is 2. The summed E-state index contributed by atoms with van der Waals surface area (Å²) in [6, 6.07) is 7.72. The third-order valence-corrected chi connectivity index (χ3v) is 5.11. The number of piperazine rings is 1. The number of Topliss-reactive ketones (excluding diaryl/α,β-unsaturated/α-hetero) is 1. The predicted octanol–water partition coefficient (Wildman–Crippen LogP) is 2.35. The molecule has 1 saturated carbocycles. The number of amides is 1. The lowest BCUT2D eigenvalue weighted by atomic mass is 10.1. The first-order chi connectivity index (χ1) is 11.6. The molecule has 3 rings (SSSR count). The number of ether oxygens (including phenoxy) is 1. The van der Waals surface area contributed by atoms with Crippen molar-refractivity contribution in [3.8, 4) is 5.75 Å². The summed E-state index contributed by atoms with van der Waals surface area (Å²) in [7, 11) is 0. The van der Waals surface area contributed by atoms with Crippen LogP contribution in [0, 0.1) is 0 Å². The number of carbonyl (C=O) groups is 2. The lowest BCUT2D eigenvalue weighted by Gasteiger charge is -2.38. The Morgan fingerprint density at radius 3 is 2.50 bits per heavy atom. The fraction of sp³-hybridized carbons (Fsp3) is 0.579. The van der Waals surface area contributed by atoms with E-state index < -0.39 is 0 Å². The monoisotopic (exact) mass is 330 g/mol. The standard InChI is InChI=1S/C19H26N2O3/c1-15(22)16-5-4-8-18(13-16)24-14-19(23)21-11-9-20(10-12-21)17-6-2-3-7-17/h4-5,8,13,17H,2-3,6-7,9-12,14H2,1H3. The maximum atomic E-state index is 12.3. The Kier molecular flexibility index (Phi) is 5.51. The normalized spacial score (nSPS) is 19.5. The second kappa shape index (κ2) is 7.79. The molecule has 2 aliphatic rings. The quantitative estimate of drug-likeness (QED) is 0.778. The van der Waals surface area contributed by atoms with Crippen LogP contribution in [0.3, 0.4) is 0 Å². The molecule has 1 saturated heterocycles. The second-order valence-electron chi connectivity index (χ2n) is 6.73. The molecule has 2 fully saturated rings. The van der Waals surface area contributed by atoms with Crippen LogP contribution in [0.15, 0.2) is 24.3 Å². The van der Waals surface area contributed by atoms with Crippen LogP contribution in [0.25, 0.3) is 0 Å². The molecule has 130 valence electrons. The van der Waals surface area contributed by atoms with Gasteiger partial charge in [-0.2, -0.15) is 0 Å². The van der Waals surface area contributed by atoms with E-state index in [2.05, 4.69) is 4.90 Å². The summed E-state index contributed by atoms with van der Waals surface area (Å²) in [4.78, 5) is 28.1. The Balaban J connectivity index is 1.46. The molecule has 24 heavy (non-hydrogen) atoms. The van der Waals surface area contributed by atoms with Gasteiger partial charge >= 0.3 is 0 Å². The smallest absolute Gasteiger partial charge is 0.260 e. The van der Waals surface area contributed by atoms with Crippen LogP contribution in [-0.4, -0.2) is 60.3 Å². The Hall–Kier alpha value is -1.88. The first kappa shape index (κ1) is 17.0. The average Bonchev–Trinajstić information content (AvgIpc) is 3.14. The minimum absolute atomic E-state index is 0.00480. The molecule has 0 aromatic heterocycles. The Labute approximate surface area is 143 Å². The zero-order valence-electron chi connectivity index (χ0n) is 14.4. The van der Waals surface area contributed by atoms with Crippen LogP contribution in [0.4, 0.5) is 0 Å². The Bertz CT molecular complexity index is 588. The van der Waals surface area contributed by atoms with Gasteiger partial charge < -0.3 is 9.64 Å². The molecule has 1 amide bonds. The number of carbonyl (C=O) groups excluding carboxylic acids is 2. The van der Waals surface area contributed by atoms with E-state index in [1.807, 2.05) is 4.90 Å². The van der Waals surface area contributed by atoms with E-state index in [4.69, 9.17) is 4.74 Å². The molecule has 1 aromatic carbocycles. The molecule has 0 atom stereocenters. The van der Waals surface area contributed by atoms with E-state index in [1.54, 1.807) is 24.3 Å². The number of rotatable bonds is 5. The summed E-state index contributed by atoms with van der Waals surface area (Å²) in [5.74, 6) is 0.588. The van der Waals surface area contributed by atoms with Crippen molar-refractivity contribution in [1.29, 1.82) is 0 Å². The van der Waals surface area contributed by atoms with Crippen molar-refractivity contribution in [2.45, 2.75) is 38.6 Å². The van der Waals surface area contributed by atoms with Crippen LogP contribution < -0.4 is 4.74 Å². The van der Waals surface area contributed by atoms with E-state index in [1.165, 1.54) is 32.6 Å². The van der Waals surface area contributed by atoms with Gasteiger partial charge in [0.1, 0.15) is 5.75 Å². The van der Waals surface area contributed by atoms with Gasteiger partial charge in [-0.15, -0.1) is 0 Å². The summed E-state index contributed by atoms with van der Waals surface area (Å²) in [5.41, 5.74) is 0.602. The summed E-state index contributed by atoms with van der Waals surface area (Å²) in [6.45, 7) is 5.06. The SMILES string of the molecule is CC(=O)c1cccc(OCC(=O)N2CCN(C3CCCC3)CC2)c1. The Morgan fingerprint density at radius 2 is 1.83 bits per heavy atom. The third kappa shape index (κ3) is 4.15. The number of ketones is 1. The summed E-state index contributed by atoms with van der Waals surface area (Å²) in [5, 5.41) is 0. The van der Waals surface area contributed by atoms with E-state index in [0.29, 0.717) is 11.3 Å². The van der Waals surface area contributed by atoms with Gasteiger partial charge in [0.25, 0.3) is 5.91 Å². The van der Waals surface area contributed by atoms with Gasteiger partial charge in [0, 0.05) is 37.8 Å². The maximum Gasteiger partial charge on any atom is 0.260 e. The molecule has 0 radical (unpaired) electrons. The van der Waals surface area contributed by atoms with Gasteiger partial charge in [-0.05, 0) is 31.9 Å². The van der Waals surface area contributed by atoms with E-state index in [0.717, 1.165) is 32.2 Å². The number of hydrogen-bond acceptors (Lipinski definition) is 4. The number of hydrogen-bond donors (Lipinski definition) is 0. The van der Waals surface area contributed by atoms with Crippen molar-refractivity contribution in [2.24, 2.45) is 0 Å². The molecule has 1 heterocycles. The molecule has 1 aliphatic heterocycles. The van der Waals surface area contributed by atoms with Gasteiger partial charge in [-0.3, -0.25) is 14.5 Å². The van der Waals surface area contributed by atoms with E-state index >= 15 is 0 Å². The summed E-state index contributed by atoms with van der Waals surface area (Å²) < 4.78 is 5.58. The van der Waals surface area contributed by atoms with Crippen LogP contribution >= 0.6 is 0 Å². The van der Waals surface area contributed by atoms with Crippen LogP contribution in [0.2, 0.25) is 0 Å². The fourth-order valence-corrected chi connectivity index (χ4v) is 3.65. The van der Waals surface area contributed by atoms with Crippen molar-refractivity contribution in [3.63, 3.8) is 0 Å². The highest BCUT2D eigenvalue weighted by Gasteiger charge is 2.27. The highest BCUT2D eigenvalue weighted by molar-refractivity contribution is 5.94. The molecule has 0 bridgehead atoms. The lowest BCUT2D eigenvalue weighted by Crippen LogP contribution is -2.52. The molecule has 1 aromatic rings. The molecular weight excluding hydrogens is 304 g/mol. The fourth-order valence-electron chi connectivity index (χ4n) is 3.65. The van der Waals surface area contributed by atoms with E-state index in [-0.39, 0.29) is 18.3 Å². The van der Waals surface area contributed by atoms with Gasteiger partial charge in [0.15, 0.2) is 12.4 Å². The molecule has 5 heteroatoms. The van der Waals surface area contributed by atoms with Gasteiger partial charge in [0.05, 0.1) is 0 Å². The first-order valence-electron chi connectivity index (χ1n) is 8.89. The maximum absolute atomic E-state index is 12.3. The largest absolute Gasteiger partial charge is 0.484 e. The van der Waals surface area contributed by atoms with Gasteiger partial charge in [-0.25, -0.2) is 0 Å². The van der Waals surface area contributed by atoms with Gasteiger partial charge in [-0.1, -0.05) is 25.0 Å². The number of benzene rings is 1.